The fourth-order valence-corrected chi connectivity index (χ4v) is 3.21. The summed E-state index contributed by atoms with van der Waals surface area (Å²) < 4.78 is 0. The summed E-state index contributed by atoms with van der Waals surface area (Å²) in [4.78, 5) is 3.94. The third kappa shape index (κ3) is 5.27. The Balaban J connectivity index is 1.96. The van der Waals surface area contributed by atoms with E-state index in [-0.39, 0.29) is 0 Å². The number of likely N-dealkylation sites (N-methyl/N-ethyl adjacent to an activating group) is 1. The lowest BCUT2D eigenvalue weighted by molar-refractivity contribution is 0.241. The maximum atomic E-state index is 3.57. The van der Waals surface area contributed by atoms with E-state index < -0.39 is 0 Å². The number of hydrogen-bond donors (Lipinski definition) is 1. The molecule has 21 heavy (non-hydrogen) atoms. The van der Waals surface area contributed by atoms with Crippen LogP contribution >= 0.6 is 11.3 Å². The van der Waals surface area contributed by atoms with Gasteiger partial charge in [-0.15, -0.1) is 11.3 Å². The van der Waals surface area contributed by atoms with E-state index >= 15 is 0 Å². The summed E-state index contributed by atoms with van der Waals surface area (Å²) in [6.07, 6.45) is 2.31. The quantitative estimate of drug-likeness (QED) is 0.705. The SMILES string of the molecule is CCCNCC(c1ccccc1)N(C)CCc1cccs1. The van der Waals surface area contributed by atoms with Gasteiger partial charge in [-0.2, -0.15) is 0 Å². The van der Waals surface area contributed by atoms with Crippen molar-refractivity contribution in [2.45, 2.75) is 25.8 Å². The molecule has 0 aliphatic rings. The van der Waals surface area contributed by atoms with Gasteiger partial charge in [0.25, 0.3) is 0 Å². The Bertz CT molecular complexity index is 481. The molecule has 1 unspecified atom stereocenters. The Kier molecular flexibility index (Phi) is 6.93. The molecule has 0 fully saturated rings. The summed E-state index contributed by atoms with van der Waals surface area (Å²) in [5.41, 5.74) is 1.40. The highest BCUT2D eigenvalue weighted by Gasteiger charge is 2.16. The van der Waals surface area contributed by atoms with Crippen LogP contribution in [0.15, 0.2) is 47.8 Å². The first-order valence-electron chi connectivity index (χ1n) is 7.79. The van der Waals surface area contributed by atoms with Crippen molar-refractivity contribution in [3.63, 3.8) is 0 Å². The van der Waals surface area contributed by atoms with Crippen LogP contribution in [0.2, 0.25) is 0 Å². The molecule has 2 aromatic rings. The Labute approximate surface area is 132 Å². The molecule has 0 aliphatic carbocycles. The molecular formula is C18H26N2S. The first kappa shape index (κ1) is 16.2. The maximum Gasteiger partial charge on any atom is 0.0469 e. The van der Waals surface area contributed by atoms with Gasteiger partial charge in [-0.1, -0.05) is 43.3 Å². The smallest absolute Gasteiger partial charge is 0.0469 e. The summed E-state index contributed by atoms with van der Waals surface area (Å²) in [5, 5.41) is 5.73. The van der Waals surface area contributed by atoms with Gasteiger partial charge < -0.3 is 5.32 Å². The molecule has 1 heterocycles. The number of thiophene rings is 1. The van der Waals surface area contributed by atoms with Crippen LogP contribution in [0.4, 0.5) is 0 Å². The molecule has 1 atom stereocenters. The van der Waals surface area contributed by atoms with Crippen molar-refractivity contribution in [1.82, 2.24) is 10.2 Å². The Morgan fingerprint density at radius 3 is 2.62 bits per heavy atom. The van der Waals surface area contributed by atoms with Gasteiger partial charge in [0.1, 0.15) is 0 Å². The number of hydrogen-bond acceptors (Lipinski definition) is 3. The maximum absolute atomic E-state index is 3.57. The summed E-state index contributed by atoms with van der Waals surface area (Å²) in [6.45, 7) is 5.40. The lowest BCUT2D eigenvalue weighted by Gasteiger charge is -2.29. The van der Waals surface area contributed by atoms with Gasteiger partial charge in [0, 0.05) is 24.0 Å². The molecule has 2 rings (SSSR count). The molecule has 0 aliphatic heterocycles. The number of rotatable bonds is 9. The number of benzene rings is 1. The van der Waals surface area contributed by atoms with Crippen LogP contribution in [0.25, 0.3) is 0 Å². The van der Waals surface area contributed by atoms with Crippen LogP contribution in [0.5, 0.6) is 0 Å². The van der Waals surface area contributed by atoms with Crippen molar-refractivity contribution in [3.05, 3.63) is 58.3 Å². The van der Waals surface area contributed by atoms with E-state index in [0.29, 0.717) is 6.04 Å². The van der Waals surface area contributed by atoms with Crippen LogP contribution in [-0.2, 0) is 6.42 Å². The van der Waals surface area contributed by atoms with E-state index in [4.69, 9.17) is 0 Å². The van der Waals surface area contributed by atoms with Crippen LogP contribution in [0.1, 0.15) is 29.8 Å². The van der Waals surface area contributed by atoms with Crippen molar-refractivity contribution in [1.29, 1.82) is 0 Å². The average Bonchev–Trinajstić information content (AvgIpc) is 3.03. The first-order chi connectivity index (χ1) is 10.3. The van der Waals surface area contributed by atoms with Crippen molar-refractivity contribution in [3.8, 4) is 0 Å². The highest BCUT2D eigenvalue weighted by Crippen LogP contribution is 2.19. The average molecular weight is 302 g/mol. The topological polar surface area (TPSA) is 15.3 Å². The highest BCUT2D eigenvalue weighted by atomic mass is 32.1. The van der Waals surface area contributed by atoms with E-state index in [2.05, 4.69) is 72.0 Å². The lowest BCUT2D eigenvalue weighted by atomic mass is 10.1. The number of nitrogens with zero attached hydrogens (tertiary/aromatic N) is 1. The highest BCUT2D eigenvalue weighted by molar-refractivity contribution is 7.09. The molecule has 114 valence electrons. The molecule has 2 nitrogen and oxygen atoms in total. The van der Waals surface area contributed by atoms with Crippen LogP contribution in [0, 0.1) is 0 Å². The molecule has 0 saturated heterocycles. The number of nitrogens with one attached hydrogen (secondary N) is 1. The van der Waals surface area contributed by atoms with Gasteiger partial charge in [-0.3, -0.25) is 4.90 Å². The minimum absolute atomic E-state index is 0.442. The standard InChI is InChI=1S/C18H26N2S/c1-3-12-19-15-18(16-8-5-4-6-9-16)20(2)13-11-17-10-7-14-21-17/h4-10,14,18-19H,3,11-13,15H2,1-2H3. The summed E-state index contributed by atoms with van der Waals surface area (Å²) in [6, 6.07) is 15.6. The second kappa shape index (κ2) is 8.98. The van der Waals surface area contributed by atoms with Crippen LogP contribution < -0.4 is 5.32 Å². The summed E-state index contributed by atoms with van der Waals surface area (Å²) in [5.74, 6) is 0. The van der Waals surface area contributed by atoms with Crippen molar-refractivity contribution >= 4 is 11.3 Å². The van der Waals surface area contributed by atoms with E-state index in [0.717, 1.165) is 26.1 Å². The Morgan fingerprint density at radius 1 is 1.14 bits per heavy atom. The molecule has 0 saturated carbocycles. The van der Waals surface area contributed by atoms with Gasteiger partial charge in [-0.05, 0) is 43.4 Å². The summed E-state index contributed by atoms with van der Waals surface area (Å²) in [7, 11) is 2.24. The molecule has 1 N–H and O–H groups in total. The van der Waals surface area contributed by atoms with Gasteiger partial charge >= 0.3 is 0 Å². The van der Waals surface area contributed by atoms with Crippen molar-refractivity contribution in [2.75, 3.05) is 26.7 Å². The lowest BCUT2D eigenvalue weighted by Crippen LogP contribution is -2.34. The molecular weight excluding hydrogens is 276 g/mol. The van der Waals surface area contributed by atoms with E-state index in [1.54, 1.807) is 0 Å². The Morgan fingerprint density at radius 2 is 1.95 bits per heavy atom. The van der Waals surface area contributed by atoms with E-state index in [1.165, 1.54) is 16.9 Å². The van der Waals surface area contributed by atoms with Gasteiger partial charge in [0.2, 0.25) is 0 Å². The monoisotopic (exact) mass is 302 g/mol. The largest absolute Gasteiger partial charge is 0.315 e. The molecule has 0 bridgehead atoms. The minimum Gasteiger partial charge on any atom is -0.315 e. The zero-order chi connectivity index (χ0) is 14.9. The predicted molar refractivity (Wildman–Crippen MR) is 93.0 cm³/mol. The normalized spacial score (nSPS) is 12.7. The summed E-state index contributed by atoms with van der Waals surface area (Å²) >= 11 is 1.85. The molecule has 1 aromatic carbocycles. The molecule has 0 radical (unpaired) electrons. The molecule has 3 heteroatoms. The van der Waals surface area contributed by atoms with E-state index in [1.807, 2.05) is 11.3 Å². The predicted octanol–water partition coefficient (Wildman–Crippen LogP) is 3.96. The van der Waals surface area contributed by atoms with Crippen LogP contribution in [0.3, 0.4) is 0 Å². The molecule has 0 amide bonds. The zero-order valence-electron chi connectivity index (χ0n) is 13.1. The first-order valence-corrected chi connectivity index (χ1v) is 8.67. The van der Waals surface area contributed by atoms with Gasteiger partial charge in [0.05, 0.1) is 0 Å². The fourth-order valence-electron chi connectivity index (χ4n) is 2.52. The van der Waals surface area contributed by atoms with Gasteiger partial charge in [0.15, 0.2) is 0 Å². The second-order valence-electron chi connectivity index (χ2n) is 5.44. The Hall–Kier alpha value is -1.16. The third-order valence-corrected chi connectivity index (χ3v) is 4.71. The third-order valence-electron chi connectivity index (χ3n) is 3.77. The molecule has 1 aromatic heterocycles. The fraction of sp³-hybridized carbons (Fsp3) is 0.444. The van der Waals surface area contributed by atoms with Crippen molar-refractivity contribution in [2.24, 2.45) is 0 Å². The minimum atomic E-state index is 0.442. The van der Waals surface area contributed by atoms with Gasteiger partial charge in [-0.25, -0.2) is 0 Å². The van der Waals surface area contributed by atoms with Crippen molar-refractivity contribution < 1.29 is 0 Å². The second-order valence-corrected chi connectivity index (χ2v) is 6.47. The zero-order valence-corrected chi connectivity index (χ0v) is 13.9. The van der Waals surface area contributed by atoms with Crippen LogP contribution in [-0.4, -0.2) is 31.6 Å². The molecule has 0 spiro atoms. The van der Waals surface area contributed by atoms with E-state index in [9.17, 15) is 0 Å².